The second-order valence-electron chi connectivity index (χ2n) is 5.91. The van der Waals surface area contributed by atoms with Crippen LogP contribution in [0.15, 0.2) is 27.4 Å². The quantitative estimate of drug-likeness (QED) is 0.583. The number of likely N-dealkylation sites (N-methyl/N-ethyl adjacent to an activating group) is 1. The zero-order chi connectivity index (χ0) is 15.8. The molecule has 0 amide bonds. The number of rotatable bonds is 4. The number of phenols is 2. The molecule has 0 aliphatic rings. The molecule has 0 aliphatic heterocycles. The van der Waals surface area contributed by atoms with Crippen LogP contribution in [0.1, 0.15) is 19.4 Å². The molecule has 21 heavy (non-hydrogen) atoms. The van der Waals surface area contributed by atoms with Crippen LogP contribution in [0.25, 0.3) is 11.0 Å². The molecule has 0 aliphatic carbocycles. The molecule has 1 aromatic carbocycles. The second kappa shape index (κ2) is 5.38. The number of aromatic hydroxyl groups is 2. The van der Waals surface area contributed by atoms with Gasteiger partial charge in [0.05, 0.1) is 5.60 Å². The Morgan fingerprint density at radius 2 is 1.81 bits per heavy atom. The van der Waals surface area contributed by atoms with Crippen molar-refractivity contribution in [3.05, 3.63) is 34.2 Å². The van der Waals surface area contributed by atoms with Gasteiger partial charge < -0.3 is 19.7 Å². The maximum atomic E-state index is 11.6. The molecule has 0 atom stereocenters. The smallest absolute Gasteiger partial charge is 0.336 e. The standard InChI is InChI=1S/C15H19NO5/c1-15(2,20)8-16(3)7-9-4-14(19)21-13-6-12(18)11(17)5-10(9)13/h4-6,17-18,20H,7-8H2,1-3H3. The first-order chi connectivity index (χ1) is 9.65. The van der Waals surface area contributed by atoms with E-state index in [0.29, 0.717) is 24.0 Å². The van der Waals surface area contributed by atoms with Gasteiger partial charge >= 0.3 is 5.63 Å². The van der Waals surface area contributed by atoms with E-state index in [9.17, 15) is 20.1 Å². The predicted octanol–water partition coefficient (Wildman–Crippen LogP) is 1.41. The number of aliphatic hydroxyl groups is 1. The predicted molar refractivity (Wildman–Crippen MR) is 78.4 cm³/mol. The van der Waals surface area contributed by atoms with E-state index in [2.05, 4.69) is 0 Å². The van der Waals surface area contributed by atoms with Crippen molar-refractivity contribution in [3.63, 3.8) is 0 Å². The molecule has 2 rings (SSSR count). The van der Waals surface area contributed by atoms with Crippen molar-refractivity contribution in [3.8, 4) is 11.5 Å². The summed E-state index contributed by atoms with van der Waals surface area (Å²) in [6.45, 7) is 4.21. The van der Waals surface area contributed by atoms with Crippen LogP contribution in [0.2, 0.25) is 0 Å². The van der Waals surface area contributed by atoms with E-state index < -0.39 is 11.2 Å². The third-order valence-corrected chi connectivity index (χ3v) is 3.02. The lowest BCUT2D eigenvalue weighted by atomic mass is 10.1. The summed E-state index contributed by atoms with van der Waals surface area (Å²) in [5, 5.41) is 29.5. The molecular formula is C15H19NO5. The number of benzene rings is 1. The Balaban J connectivity index is 2.43. The van der Waals surface area contributed by atoms with Crippen LogP contribution in [0, 0.1) is 0 Å². The zero-order valence-corrected chi connectivity index (χ0v) is 12.3. The van der Waals surface area contributed by atoms with Crippen molar-refractivity contribution in [2.75, 3.05) is 13.6 Å². The molecular weight excluding hydrogens is 274 g/mol. The first-order valence-corrected chi connectivity index (χ1v) is 6.55. The summed E-state index contributed by atoms with van der Waals surface area (Å²) in [7, 11) is 1.82. The Kier molecular flexibility index (Phi) is 3.93. The first-order valence-electron chi connectivity index (χ1n) is 6.55. The van der Waals surface area contributed by atoms with Crippen LogP contribution in [-0.2, 0) is 6.54 Å². The first kappa shape index (κ1) is 15.3. The largest absolute Gasteiger partial charge is 0.504 e. The molecule has 0 bridgehead atoms. The molecule has 0 unspecified atom stereocenters. The maximum absolute atomic E-state index is 11.6. The molecule has 114 valence electrons. The van der Waals surface area contributed by atoms with Gasteiger partial charge in [0.1, 0.15) is 5.58 Å². The van der Waals surface area contributed by atoms with Crippen LogP contribution >= 0.6 is 0 Å². The molecule has 2 aromatic rings. The van der Waals surface area contributed by atoms with E-state index in [1.165, 1.54) is 18.2 Å². The molecule has 0 spiro atoms. The summed E-state index contributed by atoms with van der Waals surface area (Å²) in [5.74, 6) is -0.615. The molecule has 0 saturated carbocycles. The van der Waals surface area contributed by atoms with Gasteiger partial charge in [0.2, 0.25) is 0 Å². The fourth-order valence-corrected chi connectivity index (χ4v) is 2.39. The van der Waals surface area contributed by atoms with Gasteiger partial charge in [-0.25, -0.2) is 4.79 Å². The summed E-state index contributed by atoms with van der Waals surface area (Å²) in [6.07, 6.45) is 0. The zero-order valence-electron chi connectivity index (χ0n) is 12.3. The van der Waals surface area contributed by atoms with E-state index in [-0.39, 0.29) is 17.1 Å². The van der Waals surface area contributed by atoms with E-state index in [1.54, 1.807) is 13.8 Å². The number of fused-ring (bicyclic) bond motifs is 1. The minimum absolute atomic E-state index is 0.212. The van der Waals surface area contributed by atoms with Gasteiger partial charge in [-0.15, -0.1) is 0 Å². The van der Waals surface area contributed by atoms with E-state index in [4.69, 9.17) is 4.42 Å². The van der Waals surface area contributed by atoms with Crippen LogP contribution in [0.5, 0.6) is 11.5 Å². The van der Waals surface area contributed by atoms with Gasteiger partial charge in [-0.1, -0.05) is 0 Å². The minimum Gasteiger partial charge on any atom is -0.504 e. The summed E-state index contributed by atoms with van der Waals surface area (Å²) in [4.78, 5) is 13.4. The highest BCUT2D eigenvalue weighted by atomic mass is 16.4. The summed E-state index contributed by atoms with van der Waals surface area (Å²) < 4.78 is 5.03. The van der Waals surface area contributed by atoms with Crippen molar-refractivity contribution in [2.24, 2.45) is 0 Å². The summed E-state index contributed by atoms with van der Waals surface area (Å²) in [6, 6.07) is 3.92. The normalized spacial score (nSPS) is 12.2. The highest BCUT2D eigenvalue weighted by molar-refractivity contribution is 5.83. The van der Waals surface area contributed by atoms with Gasteiger partial charge in [0.15, 0.2) is 11.5 Å². The van der Waals surface area contributed by atoms with E-state index in [0.717, 1.165) is 0 Å². The van der Waals surface area contributed by atoms with Crippen LogP contribution in [-0.4, -0.2) is 39.4 Å². The fourth-order valence-electron chi connectivity index (χ4n) is 2.39. The SMILES string of the molecule is CN(Cc1cc(=O)oc2cc(O)c(O)cc12)CC(C)(C)O. The van der Waals surface area contributed by atoms with Gasteiger partial charge in [0, 0.05) is 30.6 Å². The highest BCUT2D eigenvalue weighted by Gasteiger charge is 2.17. The Morgan fingerprint density at radius 1 is 1.19 bits per heavy atom. The van der Waals surface area contributed by atoms with Gasteiger partial charge in [-0.3, -0.25) is 4.90 Å². The van der Waals surface area contributed by atoms with Crippen LogP contribution < -0.4 is 5.63 Å². The lowest BCUT2D eigenvalue weighted by molar-refractivity contribution is 0.0425. The number of nitrogens with zero attached hydrogens (tertiary/aromatic N) is 1. The number of hydrogen-bond donors (Lipinski definition) is 3. The van der Waals surface area contributed by atoms with Crippen molar-refractivity contribution >= 4 is 11.0 Å². The minimum atomic E-state index is -0.857. The highest BCUT2D eigenvalue weighted by Crippen LogP contribution is 2.31. The maximum Gasteiger partial charge on any atom is 0.336 e. The Labute approximate surface area is 121 Å². The molecule has 3 N–H and O–H groups in total. The lowest BCUT2D eigenvalue weighted by Gasteiger charge is -2.25. The molecule has 1 aromatic heterocycles. The molecule has 6 heteroatoms. The van der Waals surface area contributed by atoms with Gasteiger partial charge in [-0.2, -0.15) is 0 Å². The van der Waals surface area contributed by atoms with Crippen LogP contribution in [0.3, 0.4) is 0 Å². The molecule has 1 heterocycles. The van der Waals surface area contributed by atoms with Crippen molar-refractivity contribution in [1.29, 1.82) is 0 Å². The van der Waals surface area contributed by atoms with Gasteiger partial charge in [-0.05, 0) is 32.5 Å². The number of phenolic OH excluding ortho intramolecular Hbond substituents is 2. The Morgan fingerprint density at radius 3 is 2.43 bits per heavy atom. The fraction of sp³-hybridized carbons (Fsp3) is 0.400. The third kappa shape index (κ3) is 3.74. The van der Waals surface area contributed by atoms with E-state index in [1.807, 2.05) is 11.9 Å². The molecule has 6 nitrogen and oxygen atoms in total. The topological polar surface area (TPSA) is 94.1 Å². The molecule has 0 saturated heterocycles. The van der Waals surface area contributed by atoms with Crippen molar-refractivity contribution < 1.29 is 19.7 Å². The Hall–Kier alpha value is -2.05. The average Bonchev–Trinajstić information content (AvgIpc) is 2.29. The second-order valence-corrected chi connectivity index (χ2v) is 5.91. The summed E-state index contributed by atoms with van der Waals surface area (Å²) >= 11 is 0. The van der Waals surface area contributed by atoms with E-state index >= 15 is 0 Å². The summed E-state index contributed by atoms with van der Waals surface area (Å²) in [5.41, 5.74) is -0.517. The third-order valence-electron chi connectivity index (χ3n) is 3.02. The number of hydrogen-bond acceptors (Lipinski definition) is 6. The van der Waals surface area contributed by atoms with Crippen molar-refractivity contribution in [2.45, 2.75) is 26.0 Å². The molecule has 0 fully saturated rings. The monoisotopic (exact) mass is 293 g/mol. The lowest BCUT2D eigenvalue weighted by Crippen LogP contribution is -2.36. The average molecular weight is 293 g/mol. The van der Waals surface area contributed by atoms with Crippen molar-refractivity contribution in [1.82, 2.24) is 4.90 Å². The van der Waals surface area contributed by atoms with Crippen LogP contribution in [0.4, 0.5) is 0 Å². The Bertz CT molecular complexity index is 714. The van der Waals surface area contributed by atoms with Gasteiger partial charge in [0.25, 0.3) is 0 Å². The molecule has 0 radical (unpaired) electrons.